The van der Waals surface area contributed by atoms with Gasteiger partial charge in [-0.15, -0.1) is 0 Å². The fraction of sp³-hybridized carbons (Fsp3) is 0.200. The molecule has 204 valence electrons. The Kier molecular flexibility index (Phi) is 7.97. The monoisotopic (exact) mass is 539 g/mol. The van der Waals surface area contributed by atoms with E-state index in [0.717, 1.165) is 27.5 Å². The second-order valence-electron chi connectivity index (χ2n) is 9.51. The number of hydrogen-bond donors (Lipinski definition) is 2. The second kappa shape index (κ2) is 11.9. The Hall–Kier alpha value is -4.83. The quantitative estimate of drug-likeness (QED) is 0.231. The van der Waals surface area contributed by atoms with Crippen molar-refractivity contribution in [1.82, 2.24) is 24.6 Å². The molecule has 0 fully saturated rings. The molecule has 1 amide bonds. The van der Waals surface area contributed by atoms with E-state index in [-0.39, 0.29) is 11.7 Å². The van der Waals surface area contributed by atoms with Crippen LogP contribution < -0.4 is 15.4 Å². The molecule has 0 radical (unpaired) electrons. The van der Waals surface area contributed by atoms with Crippen LogP contribution >= 0.6 is 0 Å². The van der Waals surface area contributed by atoms with Gasteiger partial charge in [-0.1, -0.05) is 18.2 Å². The second-order valence-corrected chi connectivity index (χ2v) is 9.51. The van der Waals surface area contributed by atoms with Gasteiger partial charge in [0, 0.05) is 35.1 Å². The molecule has 0 saturated heterocycles. The zero-order valence-electron chi connectivity index (χ0n) is 22.6. The Labute approximate surface area is 231 Å². The van der Waals surface area contributed by atoms with Crippen molar-refractivity contribution in [2.24, 2.45) is 0 Å². The maximum absolute atomic E-state index is 13.6. The Morgan fingerprint density at radius 2 is 2.00 bits per heavy atom. The number of likely N-dealkylation sites (N-methyl/N-ethyl adjacent to an activating group) is 1. The number of rotatable bonds is 10. The number of benzene rings is 3. The molecule has 0 aliphatic heterocycles. The molecule has 5 rings (SSSR count). The molecule has 0 bridgehead atoms. The fourth-order valence-electron chi connectivity index (χ4n) is 4.34. The van der Waals surface area contributed by atoms with Crippen LogP contribution in [0.5, 0.6) is 5.75 Å². The number of ether oxygens (including phenoxy) is 1. The molecule has 5 aromatic rings. The van der Waals surface area contributed by atoms with Gasteiger partial charge in [0.15, 0.2) is 0 Å². The molecule has 9 nitrogen and oxygen atoms in total. The van der Waals surface area contributed by atoms with Crippen LogP contribution in [0.4, 0.5) is 21.6 Å². The number of aromatic nitrogens is 4. The summed E-state index contributed by atoms with van der Waals surface area (Å²) < 4.78 is 21.3. The van der Waals surface area contributed by atoms with E-state index < -0.39 is 0 Å². The first-order valence-electron chi connectivity index (χ1n) is 12.9. The van der Waals surface area contributed by atoms with E-state index in [1.807, 2.05) is 60.9 Å². The van der Waals surface area contributed by atoms with Gasteiger partial charge in [0.2, 0.25) is 5.91 Å². The summed E-state index contributed by atoms with van der Waals surface area (Å²) in [6.07, 6.45) is 6.56. The van der Waals surface area contributed by atoms with E-state index in [0.29, 0.717) is 42.5 Å². The lowest BCUT2D eigenvalue weighted by Crippen LogP contribution is -2.13. The molecule has 2 aromatic heterocycles. The number of halogens is 1. The average molecular weight is 540 g/mol. The third-order valence-corrected chi connectivity index (χ3v) is 6.16. The summed E-state index contributed by atoms with van der Waals surface area (Å²) >= 11 is 0. The van der Waals surface area contributed by atoms with Gasteiger partial charge < -0.3 is 20.3 Å². The molecule has 0 aliphatic carbocycles. The summed E-state index contributed by atoms with van der Waals surface area (Å²) in [5.74, 6) is 0.586. The molecule has 0 atom stereocenters. The van der Waals surface area contributed by atoms with E-state index in [1.165, 1.54) is 24.5 Å². The molecule has 0 spiro atoms. The van der Waals surface area contributed by atoms with E-state index >= 15 is 0 Å². The van der Waals surface area contributed by atoms with Crippen LogP contribution in [0.2, 0.25) is 0 Å². The summed E-state index contributed by atoms with van der Waals surface area (Å²) in [6.45, 7) is 3.44. The predicted octanol–water partition coefficient (Wildman–Crippen LogP) is 5.37. The van der Waals surface area contributed by atoms with Crippen molar-refractivity contribution in [1.29, 1.82) is 0 Å². The maximum atomic E-state index is 13.6. The molecule has 2 heterocycles. The van der Waals surface area contributed by atoms with Crippen LogP contribution in [0, 0.1) is 5.82 Å². The highest BCUT2D eigenvalue weighted by atomic mass is 19.1. The van der Waals surface area contributed by atoms with Gasteiger partial charge in [-0.25, -0.2) is 14.4 Å². The fourth-order valence-corrected chi connectivity index (χ4v) is 4.34. The minimum atomic E-state index is -0.269. The molecule has 0 saturated carbocycles. The smallest absolute Gasteiger partial charge is 0.248 e. The van der Waals surface area contributed by atoms with Gasteiger partial charge in [0.05, 0.1) is 36.1 Å². The van der Waals surface area contributed by atoms with Crippen LogP contribution in [0.3, 0.4) is 0 Å². The first kappa shape index (κ1) is 26.8. The van der Waals surface area contributed by atoms with Crippen molar-refractivity contribution >= 4 is 44.9 Å². The highest BCUT2D eigenvalue weighted by Gasteiger charge is 2.13. The number of amides is 1. The lowest BCUT2D eigenvalue weighted by Gasteiger charge is -2.14. The highest BCUT2D eigenvalue weighted by molar-refractivity contribution is 6.03. The van der Waals surface area contributed by atoms with E-state index in [4.69, 9.17) is 4.74 Å². The molecule has 0 unspecified atom stereocenters. The van der Waals surface area contributed by atoms with E-state index in [1.54, 1.807) is 24.4 Å². The zero-order valence-corrected chi connectivity index (χ0v) is 22.6. The van der Waals surface area contributed by atoms with Gasteiger partial charge in [-0.05, 0) is 63.0 Å². The summed E-state index contributed by atoms with van der Waals surface area (Å²) in [4.78, 5) is 23.4. The van der Waals surface area contributed by atoms with Crippen LogP contribution in [0.25, 0.3) is 21.8 Å². The molecule has 3 aromatic carbocycles. The van der Waals surface area contributed by atoms with Crippen LogP contribution in [0.1, 0.15) is 12.5 Å². The number of carbonyl (C=O) groups is 1. The third kappa shape index (κ3) is 6.24. The Balaban J connectivity index is 1.42. The van der Waals surface area contributed by atoms with Gasteiger partial charge in [0.25, 0.3) is 0 Å². The number of nitrogens with zero attached hydrogens (tertiary/aromatic N) is 5. The minimum Gasteiger partial charge on any atom is -0.492 e. The predicted molar refractivity (Wildman–Crippen MR) is 156 cm³/mol. The molecular formula is C30H30FN7O2. The number of nitrogens with one attached hydrogen (secondary N) is 2. The molecular weight excluding hydrogens is 509 g/mol. The summed E-state index contributed by atoms with van der Waals surface area (Å²) in [5, 5.41) is 12.4. The number of anilines is 3. The minimum absolute atomic E-state index is 0.255. The van der Waals surface area contributed by atoms with Crippen molar-refractivity contribution in [2.75, 3.05) is 37.9 Å². The van der Waals surface area contributed by atoms with Gasteiger partial charge >= 0.3 is 0 Å². The highest BCUT2D eigenvalue weighted by Crippen LogP contribution is 2.34. The van der Waals surface area contributed by atoms with Gasteiger partial charge in [-0.2, -0.15) is 5.10 Å². The van der Waals surface area contributed by atoms with Crippen LogP contribution in [0.15, 0.2) is 79.3 Å². The summed E-state index contributed by atoms with van der Waals surface area (Å²) in [6, 6.07) is 16.0. The Bertz CT molecular complexity index is 1700. The summed E-state index contributed by atoms with van der Waals surface area (Å²) in [5.41, 5.74) is 3.77. The normalized spacial score (nSPS) is 11.5. The first-order valence-corrected chi connectivity index (χ1v) is 12.9. The number of fused-ring (bicyclic) bond motifs is 2. The SMILES string of the molecule is CCOc1cc2ncnc(Nc3ccc4c(cnn4Cc4cccc(F)c4)c3)c2cc1NC(=O)/C=C/CN(C)C. The Morgan fingerprint density at radius 1 is 1.12 bits per heavy atom. The van der Waals surface area contributed by atoms with E-state index in [9.17, 15) is 9.18 Å². The van der Waals surface area contributed by atoms with Crippen molar-refractivity contribution in [3.05, 3.63) is 90.7 Å². The number of hydrogen-bond acceptors (Lipinski definition) is 7. The van der Waals surface area contributed by atoms with Gasteiger partial charge in [-0.3, -0.25) is 9.48 Å². The lowest BCUT2D eigenvalue weighted by molar-refractivity contribution is -0.111. The Morgan fingerprint density at radius 3 is 2.80 bits per heavy atom. The van der Waals surface area contributed by atoms with Crippen LogP contribution in [-0.4, -0.2) is 57.8 Å². The lowest BCUT2D eigenvalue weighted by atomic mass is 10.1. The molecule has 10 heteroatoms. The largest absolute Gasteiger partial charge is 0.492 e. The maximum Gasteiger partial charge on any atom is 0.248 e. The van der Waals surface area contributed by atoms with Crippen molar-refractivity contribution in [3.63, 3.8) is 0 Å². The number of carbonyl (C=O) groups excluding carboxylic acids is 1. The molecule has 40 heavy (non-hydrogen) atoms. The van der Waals surface area contributed by atoms with Crippen molar-refractivity contribution in [2.45, 2.75) is 13.5 Å². The summed E-state index contributed by atoms with van der Waals surface area (Å²) in [7, 11) is 3.87. The van der Waals surface area contributed by atoms with Gasteiger partial charge in [0.1, 0.15) is 23.7 Å². The molecule has 0 aliphatic rings. The first-order chi connectivity index (χ1) is 19.4. The van der Waals surface area contributed by atoms with Crippen molar-refractivity contribution < 1.29 is 13.9 Å². The standard InChI is InChI=1S/C30H30FN7O2/c1-4-40-28-16-25-24(15-26(28)36-29(39)9-6-12-37(2)3)30(33-19-32-25)35-23-10-11-27-21(14-23)17-34-38(27)18-20-7-5-8-22(31)13-20/h5-11,13-17,19H,4,12,18H2,1-3H3,(H,36,39)(H,32,33,35)/b9-6+. The zero-order chi connectivity index (χ0) is 28.1. The third-order valence-electron chi connectivity index (χ3n) is 6.16. The average Bonchev–Trinajstić information content (AvgIpc) is 3.31. The topological polar surface area (TPSA) is 97.2 Å². The van der Waals surface area contributed by atoms with Crippen molar-refractivity contribution in [3.8, 4) is 5.75 Å². The van der Waals surface area contributed by atoms with E-state index in [2.05, 4.69) is 25.7 Å². The molecule has 2 N–H and O–H groups in total. The van der Waals surface area contributed by atoms with Crippen LogP contribution in [-0.2, 0) is 11.3 Å².